The molecule has 0 radical (unpaired) electrons. The Hall–Kier alpha value is -5.17. The van der Waals surface area contributed by atoms with Crippen LogP contribution in [0, 0.1) is 5.92 Å². The van der Waals surface area contributed by atoms with E-state index in [1.165, 1.54) is 17.7 Å². The van der Waals surface area contributed by atoms with Crippen LogP contribution in [0.2, 0.25) is 0 Å². The van der Waals surface area contributed by atoms with Crippen molar-refractivity contribution in [2.75, 3.05) is 13.1 Å². The number of pyridine rings is 1. The van der Waals surface area contributed by atoms with Crippen LogP contribution in [0.4, 0.5) is 13.2 Å². The van der Waals surface area contributed by atoms with Crippen molar-refractivity contribution in [2.24, 2.45) is 5.92 Å². The summed E-state index contributed by atoms with van der Waals surface area (Å²) in [6.07, 6.45) is 6.98. The lowest BCUT2D eigenvalue weighted by Gasteiger charge is -2.38. The number of hydrogen-bond acceptors (Lipinski definition) is 3. The molecule has 0 aliphatic carbocycles. The first-order chi connectivity index (χ1) is 24.3. The molecule has 1 atom stereocenters. The number of carbonyl (C=O) groups is 1. The molecule has 2 heterocycles. The molecule has 1 aliphatic heterocycles. The monoisotopic (exact) mass is 673 g/mol. The number of rotatable bonds is 12. The van der Waals surface area contributed by atoms with Crippen molar-refractivity contribution < 1.29 is 18.0 Å². The van der Waals surface area contributed by atoms with Crippen LogP contribution in [-0.2, 0) is 36.8 Å². The second kappa shape index (κ2) is 16.5. The van der Waals surface area contributed by atoms with Crippen molar-refractivity contribution in [3.05, 3.63) is 174 Å². The maximum atomic E-state index is 14.5. The molecule has 0 saturated carbocycles. The summed E-state index contributed by atoms with van der Waals surface area (Å²) >= 11 is 0. The lowest BCUT2D eigenvalue weighted by atomic mass is 9.89. The highest BCUT2D eigenvalue weighted by Gasteiger charge is 2.32. The molecule has 1 saturated heterocycles. The molecule has 50 heavy (non-hydrogen) atoms. The number of aromatic nitrogens is 1. The Morgan fingerprint density at radius 3 is 1.94 bits per heavy atom. The van der Waals surface area contributed by atoms with Gasteiger partial charge in [-0.1, -0.05) is 103 Å². The Bertz CT molecular complexity index is 1800. The third-order valence-electron chi connectivity index (χ3n) is 9.52. The van der Waals surface area contributed by atoms with Gasteiger partial charge in [-0.3, -0.25) is 9.78 Å². The highest BCUT2D eigenvalue weighted by atomic mass is 19.4. The molecular weight excluding hydrogens is 631 g/mol. The highest BCUT2D eigenvalue weighted by molar-refractivity contribution is 5.82. The molecule has 0 bridgehead atoms. The maximum Gasteiger partial charge on any atom is 0.416 e. The SMILES string of the molecule is O=C([C@H](Cc1ccccc1)N(C=CCc1ccc(C(F)(F)F)cc1)Cc1ccc(-c2ccncc2)cc1)N1CCC(Cc2ccccc2)CC1. The molecule has 0 spiro atoms. The second-order valence-corrected chi connectivity index (χ2v) is 13.1. The topological polar surface area (TPSA) is 36.4 Å². The zero-order valence-electron chi connectivity index (χ0n) is 28.1. The molecule has 1 aromatic heterocycles. The minimum Gasteiger partial charge on any atom is -0.361 e. The van der Waals surface area contributed by atoms with E-state index in [9.17, 15) is 18.0 Å². The van der Waals surface area contributed by atoms with Gasteiger partial charge in [-0.15, -0.1) is 0 Å². The molecular formula is C43H42F3N3O. The number of halogens is 3. The number of piperidine rings is 1. The van der Waals surface area contributed by atoms with Gasteiger partial charge in [0.05, 0.1) is 5.56 Å². The van der Waals surface area contributed by atoms with Gasteiger partial charge in [0.2, 0.25) is 5.91 Å². The lowest BCUT2D eigenvalue weighted by Crippen LogP contribution is -2.50. The molecule has 0 unspecified atom stereocenters. The van der Waals surface area contributed by atoms with Crippen LogP contribution in [0.1, 0.15) is 40.7 Å². The quantitative estimate of drug-likeness (QED) is 0.132. The van der Waals surface area contributed by atoms with Gasteiger partial charge in [-0.2, -0.15) is 13.2 Å². The highest BCUT2D eigenvalue weighted by Crippen LogP contribution is 2.29. The largest absolute Gasteiger partial charge is 0.416 e. The van der Waals surface area contributed by atoms with Gasteiger partial charge in [0, 0.05) is 38.4 Å². The summed E-state index contributed by atoms with van der Waals surface area (Å²) in [5.41, 5.74) is 5.71. The molecule has 5 aromatic rings. The fraction of sp³-hybridized carbons (Fsp3) is 0.256. The second-order valence-electron chi connectivity index (χ2n) is 13.1. The molecule has 1 aliphatic rings. The summed E-state index contributed by atoms with van der Waals surface area (Å²) in [4.78, 5) is 22.8. The van der Waals surface area contributed by atoms with Crippen molar-refractivity contribution in [1.29, 1.82) is 0 Å². The zero-order valence-corrected chi connectivity index (χ0v) is 28.1. The molecule has 6 rings (SSSR count). The molecule has 4 nitrogen and oxygen atoms in total. The van der Waals surface area contributed by atoms with Crippen molar-refractivity contribution in [3.63, 3.8) is 0 Å². The summed E-state index contributed by atoms with van der Waals surface area (Å²) < 4.78 is 39.5. The van der Waals surface area contributed by atoms with Gasteiger partial charge in [0.25, 0.3) is 0 Å². The summed E-state index contributed by atoms with van der Waals surface area (Å²) in [7, 11) is 0. The van der Waals surface area contributed by atoms with E-state index in [4.69, 9.17) is 0 Å². The van der Waals surface area contributed by atoms with E-state index in [2.05, 4.69) is 70.5 Å². The number of carbonyl (C=O) groups excluding carboxylic acids is 1. The Labute approximate surface area is 292 Å². The van der Waals surface area contributed by atoms with Gasteiger partial charge in [-0.05, 0) is 95.4 Å². The Kier molecular flexibility index (Phi) is 11.4. The van der Waals surface area contributed by atoms with Crippen LogP contribution in [0.15, 0.2) is 146 Å². The van der Waals surface area contributed by atoms with E-state index in [-0.39, 0.29) is 5.91 Å². The van der Waals surface area contributed by atoms with Crippen molar-refractivity contribution in [3.8, 4) is 11.1 Å². The summed E-state index contributed by atoms with van der Waals surface area (Å²) in [6, 6.07) is 37.7. The van der Waals surface area contributed by atoms with Crippen molar-refractivity contribution in [2.45, 2.75) is 50.9 Å². The number of hydrogen-bond donors (Lipinski definition) is 0. The lowest BCUT2D eigenvalue weighted by molar-refractivity contribution is -0.138. The Balaban J connectivity index is 1.24. The minimum atomic E-state index is -4.38. The third-order valence-corrected chi connectivity index (χ3v) is 9.52. The number of nitrogens with zero attached hydrogens (tertiary/aromatic N) is 3. The van der Waals surface area contributed by atoms with Crippen LogP contribution >= 0.6 is 0 Å². The predicted molar refractivity (Wildman–Crippen MR) is 193 cm³/mol. The smallest absolute Gasteiger partial charge is 0.361 e. The fourth-order valence-corrected chi connectivity index (χ4v) is 6.68. The Morgan fingerprint density at radius 1 is 0.740 bits per heavy atom. The third kappa shape index (κ3) is 9.50. The van der Waals surface area contributed by atoms with Gasteiger partial charge in [0.15, 0.2) is 0 Å². The number of benzene rings is 4. The Morgan fingerprint density at radius 2 is 1.32 bits per heavy atom. The van der Waals surface area contributed by atoms with Gasteiger partial charge < -0.3 is 9.80 Å². The van der Waals surface area contributed by atoms with E-state index in [1.54, 1.807) is 12.4 Å². The molecule has 0 N–H and O–H groups in total. The van der Waals surface area contributed by atoms with E-state index < -0.39 is 17.8 Å². The van der Waals surface area contributed by atoms with Crippen LogP contribution in [0.25, 0.3) is 11.1 Å². The summed E-state index contributed by atoms with van der Waals surface area (Å²) in [5.74, 6) is 0.632. The van der Waals surface area contributed by atoms with Crippen LogP contribution in [0.3, 0.4) is 0 Å². The van der Waals surface area contributed by atoms with Gasteiger partial charge in [-0.25, -0.2) is 0 Å². The summed E-state index contributed by atoms with van der Waals surface area (Å²) in [5, 5.41) is 0. The van der Waals surface area contributed by atoms with Crippen LogP contribution < -0.4 is 0 Å². The van der Waals surface area contributed by atoms with Crippen molar-refractivity contribution in [1.82, 2.24) is 14.8 Å². The average Bonchev–Trinajstić information content (AvgIpc) is 3.15. The van der Waals surface area contributed by atoms with E-state index >= 15 is 0 Å². The minimum absolute atomic E-state index is 0.0969. The predicted octanol–water partition coefficient (Wildman–Crippen LogP) is 9.42. The fourth-order valence-electron chi connectivity index (χ4n) is 6.68. The van der Waals surface area contributed by atoms with Gasteiger partial charge >= 0.3 is 6.18 Å². The average molecular weight is 674 g/mol. The van der Waals surface area contributed by atoms with Crippen LogP contribution in [-0.4, -0.2) is 39.8 Å². The van der Waals surface area contributed by atoms with Gasteiger partial charge in [0.1, 0.15) is 6.04 Å². The van der Waals surface area contributed by atoms with E-state index in [0.29, 0.717) is 38.4 Å². The molecule has 7 heteroatoms. The number of allylic oxidation sites excluding steroid dienone is 1. The standard InChI is InChI=1S/C43H42F3N3O/c44-43(45,46)40-19-15-33(16-20-40)12-7-27-49(32-37-13-17-38(18-14-37)39-21-25-47-26-22-39)41(31-35-10-5-2-6-11-35)42(50)48-28-23-36(24-29-48)30-34-8-3-1-4-9-34/h1-11,13-22,25-27,36,41H,12,23-24,28-32H2/t41-/m0/s1. The first-order valence-electron chi connectivity index (χ1n) is 17.3. The summed E-state index contributed by atoms with van der Waals surface area (Å²) in [6.45, 7) is 1.92. The molecule has 256 valence electrons. The van der Waals surface area contributed by atoms with E-state index in [0.717, 1.165) is 59.2 Å². The molecule has 1 fully saturated rings. The maximum absolute atomic E-state index is 14.5. The first kappa shape index (κ1) is 34.7. The molecule has 1 amide bonds. The zero-order chi connectivity index (χ0) is 34.8. The van der Waals surface area contributed by atoms with E-state index in [1.807, 2.05) is 53.6 Å². The number of alkyl halides is 3. The number of amides is 1. The van der Waals surface area contributed by atoms with Crippen molar-refractivity contribution >= 4 is 5.91 Å². The first-order valence-corrected chi connectivity index (χ1v) is 17.3. The number of likely N-dealkylation sites (tertiary alicyclic amines) is 1. The normalized spacial score (nSPS) is 14.5. The van der Waals surface area contributed by atoms with Crippen LogP contribution in [0.5, 0.6) is 0 Å². The molecule has 4 aromatic carbocycles.